The number of aliphatic hydroxyl groups is 1. The number of hydrogen-bond acceptors (Lipinski definition) is 7. The second kappa shape index (κ2) is 9.94. The van der Waals surface area contributed by atoms with Gasteiger partial charge in [0.1, 0.15) is 23.0 Å². The molecule has 0 saturated heterocycles. The molecule has 1 aliphatic heterocycles. The van der Waals surface area contributed by atoms with Gasteiger partial charge in [0.05, 0.1) is 22.7 Å². The van der Waals surface area contributed by atoms with Gasteiger partial charge in [-0.1, -0.05) is 26.3 Å². The lowest BCUT2D eigenvalue weighted by molar-refractivity contribution is -0.120. The Morgan fingerprint density at radius 2 is 1.97 bits per heavy atom. The molecule has 0 spiro atoms. The zero-order valence-electron chi connectivity index (χ0n) is 21.8. The first kappa shape index (κ1) is 28.0. The van der Waals surface area contributed by atoms with Crippen molar-refractivity contribution in [2.24, 2.45) is 10.7 Å². The Balaban J connectivity index is 1.87. The van der Waals surface area contributed by atoms with Crippen LogP contribution in [0, 0.1) is 11.7 Å². The van der Waals surface area contributed by atoms with Gasteiger partial charge in [-0.25, -0.2) is 12.8 Å². The summed E-state index contributed by atoms with van der Waals surface area (Å²) in [5, 5.41) is 14.3. The molecule has 0 radical (unpaired) electrons. The maximum atomic E-state index is 14.3. The van der Waals surface area contributed by atoms with Crippen LogP contribution in [0.5, 0.6) is 0 Å². The highest BCUT2D eigenvalue weighted by atomic mass is 32.2. The number of halogens is 1. The van der Waals surface area contributed by atoms with Gasteiger partial charge in [0.2, 0.25) is 10.0 Å². The van der Waals surface area contributed by atoms with E-state index in [4.69, 9.17) is 4.52 Å². The number of aliphatic hydroxyl groups excluding tert-OH is 1. The summed E-state index contributed by atoms with van der Waals surface area (Å²) in [5.74, 6) is -1.32. The van der Waals surface area contributed by atoms with Crippen molar-refractivity contribution in [3.63, 3.8) is 0 Å². The Labute approximate surface area is 221 Å². The molecule has 0 aromatic heterocycles. The summed E-state index contributed by atoms with van der Waals surface area (Å²) < 4.78 is 63.3. The van der Waals surface area contributed by atoms with E-state index in [1.165, 1.54) is 43.5 Å². The molecule has 0 bridgehead atoms. The summed E-state index contributed by atoms with van der Waals surface area (Å²) >= 11 is 0. The van der Waals surface area contributed by atoms with Crippen molar-refractivity contribution in [1.82, 2.24) is 0 Å². The summed E-state index contributed by atoms with van der Waals surface area (Å²) in [6, 6.07) is 8.23. The largest absolute Gasteiger partial charge is 0.506 e. The second-order valence-corrected chi connectivity index (χ2v) is 13.8. The van der Waals surface area contributed by atoms with Crippen molar-refractivity contribution < 1.29 is 31.8 Å². The van der Waals surface area contributed by atoms with Gasteiger partial charge >= 0.3 is 7.52 Å². The van der Waals surface area contributed by atoms with Crippen molar-refractivity contribution in [2.75, 3.05) is 23.4 Å². The van der Waals surface area contributed by atoms with E-state index in [2.05, 4.69) is 28.6 Å². The van der Waals surface area contributed by atoms with E-state index in [1.54, 1.807) is 6.92 Å². The highest BCUT2D eigenvalue weighted by molar-refractivity contribution is 7.92. The highest BCUT2D eigenvalue weighted by Gasteiger charge is 2.47. The van der Waals surface area contributed by atoms with Gasteiger partial charge in [0.15, 0.2) is 5.78 Å². The molecular weight excluding hydrogens is 532 g/mol. The van der Waals surface area contributed by atoms with Crippen LogP contribution < -0.4 is 15.3 Å². The molecule has 4 rings (SSSR count). The minimum absolute atomic E-state index is 0.0896. The van der Waals surface area contributed by atoms with Crippen molar-refractivity contribution in [3.05, 3.63) is 58.9 Å². The first-order valence-corrected chi connectivity index (χ1v) is 15.6. The van der Waals surface area contributed by atoms with E-state index in [1.807, 2.05) is 0 Å². The number of amidine groups is 1. The first-order chi connectivity index (χ1) is 17.7. The highest BCUT2D eigenvalue weighted by Crippen LogP contribution is 2.53. The molecule has 2 aliphatic rings. The maximum Gasteiger partial charge on any atom is 0.348 e. The van der Waals surface area contributed by atoms with Crippen LogP contribution in [0.15, 0.2) is 46.7 Å². The fourth-order valence-electron chi connectivity index (χ4n) is 4.78. The summed E-state index contributed by atoms with van der Waals surface area (Å²) in [4.78, 5) is 14.1. The van der Waals surface area contributed by atoms with Crippen LogP contribution in [0.1, 0.15) is 51.2 Å². The average Bonchev–Trinajstić information content (AvgIpc) is 2.85. The smallest absolute Gasteiger partial charge is 0.348 e. The average molecular weight is 564 g/mol. The molecule has 3 unspecified atom stereocenters. The van der Waals surface area contributed by atoms with Gasteiger partial charge in [0.25, 0.3) is 0 Å². The molecule has 12 heteroatoms. The number of carbonyl (C=O) groups excluding carboxylic acids is 1. The maximum absolute atomic E-state index is 14.3. The number of benzene rings is 2. The van der Waals surface area contributed by atoms with Crippen molar-refractivity contribution in [2.45, 2.75) is 45.4 Å². The fourth-order valence-corrected chi connectivity index (χ4v) is 6.87. The van der Waals surface area contributed by atoms with Crippen LogP contribution in [-0.4, -0.2) is 38.5 Å². The molecule has 1 heterocycles. The number of nitrogens with one attached hydrogen (secondary N) is 2. The summed E-state index contributed by atoms with van der Waals surface area (Å²) in [6.45, 7) is 5.91. The van der Waals surface area contributed by atoms with E-state index < -0.39 is 40.3 Å². The topological polar surface area (TPSA) is 134 Å². The Morgan fingerprint density at radius 3 is 2.61 bits per heavy atom. The van der Waals surface area contributed by atoms with Gasteiger partial charge in [-0.2, -0.15) is 4.76 Å². The molecule has 1 aliphatic carbocycles. The van der Waals surface area contributed by atoms with Crippen LogP contribution in [-0.2, 0) is 29.3 Å². The SMILES string of the molecule is CCC(C)CCC1(C)C(=O)C(C2=NP(=O)(OC)c3cc(NS(C)(=O)=O)ccc3N2)=C(O)c2cc(F)ccc21. The number of hydrogen-bond donors (Lipinski definition) is 3. The van der Waals surface area contributed by atoms with E-state index in [-0.39, 0.29) is 33.7 Å². The van der Waals surface area contributed by atoms with Crippen molar-refractivity contribution in [1.29, 1.82) is 0 Å². The van der Waals surface area contributed by atoms with Crippen molar-refractivity contribution in [3.8, 4) is 0 Å². The Kier molecular flexibility index (Phi) is 7.33. The molecule has 3 atom stereocenters. The molecule has 2 aromatic carbocycles. The predicted octanol–water partition coefficient (Wildman–Crippen LogP) is 5.12. The van der Waals surface area contributed by atoms with Crippen LogP contribution in [0.25, 0.3) is 5.76 Å². The molecule has 0 amide bonds. The summed E-state index contributed by atoms with van der Waals surface area (Å²) in [5.41, 5.74) is -0.214. The number of nitrogens with zero attached hydrogens (tertiary/aromatic N) is 1. The van der Waals surface area contributed by atoms with Gasteiger partial charge in [-0.05, 0) is 61.6 Å². The van der Waals surface area contributed by atoms with Crippen LogP contribution in [0.4, 0.5) is 15.8 Å². The minimum atomic E-state index is -4.01. The fraction of sp³-hybridized carbons (Fsp3) is 0.385. The molecule has 3 N–H and O–H groups in total. The summed E-state index contributed by atoms with van der Waals surface area (Å²) in [6.07, 6.45) is 3.08. The standard InChI is InChI=1S/C26H31FN3O6PS/c1-6-15(2)11-12-26(3)19-9-7-16(27)13-18(19)23(31)22(24(26)32)25-28-20-10-8-17(30-38(5,34)35)14-21(20)37(33,29-25)36-4/h7-10,13-15,30-31H,6,11-12H2,1-5H3,(H,28,29,33). The van der Waals surface area contributed by atoms with Gasteiger partial charge in [0, 0.05) is 18.4 Å². The van der Waals surface area contributed by atoms with Crippen LogP contribution in [0.2, 0.25) is 0 Å². The summed E-state index contributed by atoms with van der Waals surface area (Å²) in [7, 11) is -6.42. The third-order valence-electron chi connectivity index (χ3n) is 7.20. The molecule has 9 nitrogen and oxygen atoms in total. The number of Topliss-reactive ketones (excluding diaryl/α,β-unsaturated/α-hetero) is 1. The number of ketones is 1. The lowest BCUT2D eigenvalue weighted by Gasteiger charge is -2.37. The van der Waals surface area contributed by atoms with E-state index >= 15 is 0 Å². The molecule has 2 aromatic rings. The number of rotatable bonds is 8. The Hall–Kier alpha value is -3.01. The van der Waals surface area contributed by atoms with Gasteiger partial charge in [-0.3, -0.25) is 14.1 Å². The minimum Gasteiger partial charge on any atom is -0.506 e. The predicted molar refractivity (Wildman–Crippen MR) is 147 cm³/mol. The lowest BCUT2D eigenvalue weighted by atomic mass is 9.66. The molecule has 0 saturated carbocycles. The number of fused-ring (bicyclic) bond motifs is 2. The third-order valence-corrected chi connectivity index (χ3v) is 9.75. The van der Waals surface area contributed by atoms with Gasteiger partial charge in [-0.15, -0.1) is 0 Å². The van der Waals surface area contributed by atoms with Gasteiger partial charge < -0.3 is 14.9 Å². The van der Waals surface area contributed by atoms with E-state index in [9.17, 15) is 27.3 Å². The Bertz CT molecular complexity index is 1540. The normalized spacial score (nSPS) is 23.7. The third kappa shape index (κ3) is 5.02. The molecular formula is C26H31FN3O6PS. The zero-order chi connectivity index (χ0) is 28.0. The quantitative estimate of drug-likeness (QED) is 0.380. The van der Waals surface area contributed by atoms with Crippen molar-refractivity contribution >= 4 is 51.6 Å². The lowest BCUT2D eigenvalue weighted by Crippen LogP contribution is -2.42. The number of anilines is 2. The van der Waals surface area contributed by atoms with Crippen LogP contribution >= 0.6 is 7.52 Å². The Morgan fingerprint density at radius 1 is 1.26 bits per heavy atom. The second-order valence-electron chi connectivity index (χ2n) is 10.0. The number of carbonyl (C=O) groups is 1. The zero-order valence-corrected chi connectivity index (χ0v) is 23.5. The molecule has 38 heavy (non-hydrogen) atoms. The molecule has 204 valence electrons. The van der Waals surface area contributed by atoms with E-state index in [0.29, 0.717) is 17.9 Å². The monoisotopic (exact) mass is 563 g/mol. The first-order valence-electron chi connectivity index (χ1n) is 12.2. The molecule has 0 fully saturated rings. The number of sulfonamides is 1. The van der Waals surface area contributed by atoms with Crippen LogP contribution in [0.3, 0.4) is 0 Å². The van der Waals surface area contributed by atoms with E-state index in [0.717, 1.165) is 19.1 Å².